The third-order valence-corrected chi connectivity index (χ3v) is 10.2. The Hall–Kier alpha value is -5.13. The molecule has 0 aliphatic rings. The highest BCUT2D eigenvalue weighted by Crippen LogP contribution is 2.48. The van der Waals surface area contributed by atoms with E-state index in [1.54, 1.807) is 12.1 Å². The first-order valence-corrected chi connectivity index (χ1v) is 17.1. The molecule has 0 aromatic heterocycles. The van der Waals surface area contributed by atoms with Crippen molar-refractivity contribution < 1.29 is 24.3 Å². The van der Waals surface area contributed by atoms with Gasteiger partial charge in [-0.1, -0.05) is 123 Å². The number of rotatable bonds is 17. The summed E-state index contributed by atoms with van der Waals surface area (Å²) < 4.78 is -0.755. The van der Waals surface area contributed by atoms with E-state index >= 15 is 0 Å². The minimum absolute atomic E-state index is 0.0521. The molecular formula is C38H43N5O5S. The van der Waals surface area contributed by atoms with Crippen LogP contribution in [0.25, 0.3) is 0 Å². The number of hydrogen-bond donors (Lipinski definition) is 6. The molecule has 4 atom stereocenters. The number of thioether (sulfide) groups is 1. The second kappa shape index (κ2) is 17.9. The Bertz CT molecular complexity index is 1560. The van der Waals surface area contributed by atoms with Crippen molar-refractivity contribution in [2.75, 3.05) is 5.75 Å². The second-order valence-corrected chi connectivity index (χ2v) is 13.0. The number of nitrogens with two attached hydrogens (primary N) is 1. The largest absolute Gasteiger partial charge is 0.508 e. The summed E-state index contributed by atoms with van der Waals surface area (Å²) >= 11 is 1.49. The molecule has 0 unspecified atom stereocenters. The van der Waals surface area contributed by atoms with E-state index in [0.717, 1.165) is 16.7 Å². The van der Waals surface area contributed by atoms with Crippen LogP contribution in [0.3, 0.4) is 0 Å². The van der Waals surface area contributed by atoms with Gasteiger partial charge in [-0.3, -0.25) is 24.6 Å². The highest BCUT2D eigenvalue weighted by Gasteiger charge is 2.39. The van der Waals surface area contributed by atoms with Gasteiger partial charge in [0.05, 0.1) is 4.75 Å². The van der Waals surface area contributed by atoms with Crippen LogP contribution in [0.2, 0.25) is 0 Å². The molecule has 0 spiro atoms. The van der Waals surface area contributed by atoms with E-state index in [0.29, 0.717) is 18.4 Å². The summed E-state index contributed by atoms with van der Waals surface area (Å²) in [7, 11) is 0. The van der Waals surface area contributed by atoms with Gasteiger partial charge in [-0.25, -0.2) is 5.84 Å². The summed E-state index contributed by atoms with van der Waals surface area (Å²) in [5.74, 6) is 3.62. The second-order valence-electron chi connectivity index (χ2n) is 11.7. The lowest BCUT2D eigenvalue weighted by molar-refractivity contribution is -0.133. The third kappa shape index (κ3) is 9.27. The monoisotopic (exact) mass is 681 g/mol. The maximum Gasteiger partial charge on any atom is 0.256 e. The summed E-state index contributed by atoms with van der Waals surface area (Å²) in [6.45, 7) is 3.70. The van der Waals surface area contributed by atoms with Gasteiger partial charge in [-0.15, -0.1) is 11.8 Å². The van der Waals surface area contributed by atoms with Crippen LogP contribution in [0.1, 0.15) is 42.5 Å². The molecule has 0 saturated carbocycles. The van der Waals surface area contributed by atoms with E-state index in [4.69, 9.17) is 5.84 Å². The molecule has 0 radical (unpaired) electrons. The molecule has 0 saturated heterocycles. The molecule has 0 fully saturated rings. The van der Waals surface area contributed by atoms with Gasteiger partial charge in [0.2, 0.25) is 18.2 Å². The van der Waals surface area contributed by atoms with Gasteiger partial charge in [-0.2, -0.15) is 0 Å². The zero-order valence-corrected chi connectivity index (χ0v) is 28.4. The number of carbonyl (C=O) groups is 4. The molecule has 7 N–H and O–H groups in total. The third-order valence-electron chi connectivity index (χ3n) is 8.54. The average molecular weight is 682 g/mol. The van der Waals surface area contributed by atoms with Gasteiger partial charge >= 0.3 is 0 Å². The zero-order chi connectivity index (χ0) is 35.2. The highest BCUT2D eigenvalue weighted by molar-refractivity contribution is 8.00. The average Bonchev–Trinajstić information content (AvgIpc) is 3.14. The van der Waals surface area contributed by atoms with Crippen molar-refractivity contribution >= 4 is 35.9 Å². The normalized spacial score (nSPS) is 13.6. The number of phenolic OH excluding ortho intramolecular Hbond substituents is 1. The number of benzene rings is 4. The lowest BCUT2D eigenvalue weighted by Crippen LogP contribution is -2.59. The number of aromatic hydroxyl groups is 1. The van der Waals surface area contributed by atoms with Gasteiger partial charge in [0.15, 0.2) is 0 Å². The number of nitrogens with one attached hydrogen (secondary N) is 4. The summed E-state index contributed by atoms with van der Waals surface area (Å²) in [6, 6.07) is 33.0. The molecule has 11 heteroatoms. The van der Waals surface area contributed by atoms with E-state index in [-0.39, 0.29) is 23.8 Å². The Morgan fingerprint density at radius 2 is 1.24 bits per heavy atom. The SMILES string of the molecule is CC[C@H](C)[C@H](NC(=O)[C@H](Cc1ccc(O)cc1)NC(=O)[C@H](CSC(c1ccccc1)(c1ccccc1)c1ccccc1)NC=O)C(=O)NN. The standard InChI is InChI=1S/C38H43N5O5S/c1-3-26(2)34(37(48)43-39)42-35(46)32(23-27-19-21-31(45)22-20-27)41-36(47)33(40-25-44)24-49-38(28-13-7-4-8-14-28,29-15-9-5-10-16-29)30-17-11-6-12-18-30/h4-22,25-26,32-34,45H,3,23-24,39H2,1-2H3,(H,40,44)(H,41,47)(H,42,46)(H,43,48)/t26-,32-,33-,34-/m0/s1. The quantitative estimate of drug-likeness (QED) is 0.0325. The maximum absolute atomic E-state index is 14.0. The van der Waals surface area contributed by atoms with E-state index in [1.165, 1.54) is 23.9 Å². The topological polar surface area (TPSA) is 163 Å². The smallest absolute Gasteiger partial charge is 0.256 e. The molecule has 4 aromatic carbocycles. The van der Waals surface area contributed by atoms with E-state index in [2.05, 4.69) is 21.4 Å². The Kier molecular flexibility index (Phi) is 13.4. The van der Waals surface area contributed by atoms with Gasteiger partial charge < -0.3 is 21.1 Å². The first-order chi connectivity index (χ1) is 23.7. The van der Waals surface area contributed by atoms with Crippen LogP contribution < -0.4 is 27.2 Å². The highest BCUT2D eigenvalue weighted by atomic mass is 32.2. The molecule has 4 aromatic rings. The van der Waals surface area contributed by atoms with Crippen LogP contribution in [0.5, 0.6) is 5.75 Å². The van der Waals surface area contributed by atoms with Crippen molar-refractivity contribution in [1.82, 2.24) is 21.4 Å². The molecule has 0 aliphatic carbocycles. The fourth-order valence-electron chi connectivity index (χ4n) is 5.65. The zero-order valence-electron chi connectivity index (χ0n) is 27.5. The predicted octanol–water partition coefficient (Wildman–Crippen LogP) is 3.78. The minimum atomic E-state index is -1.13. The number of amides is 4. The number of hydrogen-bond acceptors (Lipinski definition) is 7. The maximum atomic E-state index is 14.0. The molecule has 10 nitrogen and oxygen atoms in total. The fraction of sp³-hybridized carbons (Fsp3) is 0.263. The fourth-order valence-corrected chi connectivity index (χ4v) is 7.23. The number of carbonyl (C=O) groups excluding carboxylic acids is 4. The first-order valence-electron chi connectivity index (χ1n) is 16.1. The molecular weight excluding hydrogens is 639 g/mol. The van der Waals surface area contributed by atoms with Crippen molar-refractivity contribution in [2.45, 2.75) is 49.6 Å². The molecule has 0 bridgehead atoms. The van der Waals surface area contributed by atoms with Crippen molar-refractivity contribution in [3.05, 3.63) is 138 Å². The van der Waals surface area contributed by atoms with Crippen molar-refractivity contribution in [1.29, 1.82) is 0 Å². The van der Waals surface area contributed by atoms with Crippen molar-refractivity contribution in [3.63, 3.8) is 0 Å². The van der Waals surface area contributed by atoms with Crippen LogP contribution in [0, 0.1) is 5.92 Å². The van der Waals surface area contributed by atoms with Crippen molar-refractivity contribution in [3.8, 4) is 5.75 Å². The van der Waals surface area contributed by atoms with Crippen LogP contribution in [-0.4, -0.2) is 53.1 Å². The van der Waals surface area contributed by atoms with Crippen LogP contribution >= 0.6 is 11.8 Å². The van der Waals surface area contributed by atoms with Crippen molar-refractivity contribution in [2.24, 2.45) is 11.8 Å². The van der Waals surface area contributed by atoms with Crippen LogP contribution in [-0.2, 0) is 30.3 Å². The van der Waals surface area contributed by atoms with Gasteiger partial charge in [-0.05, 0) is 40.3 Å². The van der Waals surface area contributed by atoms with Gasteiger partial charge in [0, 0.05) is 12.2 Å². The Morgan fingerprint density at radius 3 is 1.69 bits per heavy atom. The Morgan fingerprint density at radius 1 is 0.755 bits per heavy atom. The minimum Gasteiger partial charge on any atom is -0.508 e. The number of hydrazine groups is 1. The lowest BCUT2D eigenvalue weighted by Gasteiger charge is -2.36. The molecule has 4 amide bonds. The van der Waals surface area contributed by atoms with Crippen LogP contribution in [0.4, 0.5) is 0 Å². The summed E-state index contributed by atoms with van der Waals surface area (Å²) in [5.41, 5.74) is 5.73. The molecule has 0 aliphatic heterocycles. The molecule has 256 valence electrons. The predicted molar refractivity (Wildman–Crippen MR) is 192 cm³/mol. The van der Waals surface area contributed by atoms with E-state index < -0.39 is 40.6 Å². The summed E-state index contributed by atoms with van der Waals surface area (Å²) in [6.07, 6.45) is 1.11. The number of phenols is 1. The van der Waals surface area contributed by atoms with E-state index in [9.17, 15) is 24.3 Å². The molecule has 0 heterocycles. The Labute approximate surface area is 291 Å². The molecule has 4 rings (SSSR count). The molecule has 49 heavy (non-hydrogen) atoms. The lowest BCUT2D eigenvalue weighted by atomic mass is 9.84. The van der Waals surface area contributed by atoms with Gasteiger partial charge in [0.1, 0.15) is 23.9 Å². The summed E-state index contributed by atoms with van der Waals surface area (Å²) in [4.78, 5) is 52.3. The first kappa shape index (κ1) is 36.7. The summed E-state index contributed by atoms with van der Waals surface area (Å²) in [5, 5.41) is 18.0. The van der Waals surface area contributed by atoms with E-state index in [1.807, 2.05) is 105 Å². The van der Waals surface area contributed by atoms with Gasteiger partial charge in [0.25, 0.3) is 5.91 Å². The van der Waals surface area contributed by atoms with Crippen LogP contribution in [0.15, 0.2) is 115 Å². The Balaban J connectivity index is 1.67.